The van der Waals surface area contributed by atoms with Crippen molar-refractivity contribution in [3.8, 4) is 22.8 Å². The van der Waals surface area contributed by atoms with E-state index in [0.29, 0.717) is 28.5 Å². The molecule has 3 rings (SSSR count). The first-order chi connectivity index (χ1) is 14.9. The molecular formula is C23H27ClN4O2S. The van der Waals surface area contributed by atoms with E-state index in [4.69, 9.17) is 16.3 Å². The maximum atomic E-state index is 12.4. The number of amides is 1. The van der Waals surface area contributed by atoms with Gasteiger partial charge in [-0.2, -0.15) is 0 Å². The predicted octanol–water partition coefficient (Wildman–Crippen LogP) is 5.24. The average molecular weight is 459 g/mol. The molecule has 0 saturated carbocycles. The maximum Gasteiger partial charge on any atom is 0.230 e. The summed E-state index contributed by atoms with van der Waals surface area (Å²) < 4.78 is 7.48. The second-order valence-electron chi connectivity index (χ2n) is 7.44. The minimum atomic E-state index is -0.0354. The molecule has 0 radical (unpaired) electrons. The molecule has 1 amide bonds. The number of hydrogen-bond acceptors (Lipinski definition) is 5. The van der Waals surface area contributed by atoms with Crippen molar-refractivity contribution in [2.75, 3.05) is 12.4 Å². The van der Waals surface area contributed by atoms with Crippen molar-refractivity contribution < 1.29 is 9.53 Å². The minimum absolute atomic E-state index is 0.0354. The van der Waals surface area contributed by atoms with Crippen LogP contribution in [0.15, 0.2) is 53.7 Å². The highest BCUT2D eigenvalue weighted by Crippen LogP contribution is 2.32. The van der Waals surface area contributed by atoms with Crippen LogP contribution in [0.25, 0.3) is 17.1 Å². The van der Waals surface area contributed by atoms with Crippen LogP contribution in [0.5, 0.6) is 5.75 Å². The van der Waals surface area contributed by atoms with Gasteiger partial charge in [-0.05, 0) is 56.2 Å². The zero-order valence-corrected chi connectivity index (χ0v) is 19.7. The molecule has 3 aromatic rings. The highest BCUT2D eigenvalue weighted by atomic mass is 35.5. The van der Waals surface area contributed by atoms with Crippen LogP contribution in [0.4, 0.5) is 0 Å². The molecule has 2 aromatic carbocycles. The van der Waals surface area contributed by atoms with Gasteiger partial charge < -0.3 is 10.1 Å². The lowest BCUT2D eigenvalue weighted by Crippen LogP contribution is -2.37. The lowest BCUT2D eigenvalue weighted by molar-refractivity contribution is -0.119. The molecule has 6 nitrogen and oxygen atoms in total. The van der Waals surface area contributed by atoms with Gasteiger partial charge in [0.1, 0.15) is 5.75 Å². The quantitative estimate of drug-likeness (QED) is 0.444. The summed E-state index contributed by atoms with van der Waals surface area (Å²) in [6.45, 7) is 8.71. The fourth-order valence-corrected chi connectivity index (χ4v) is 3.85. The number of hydrogen-bond donors (Lipinski definition) is 1. The van der Waals surface area contributed by atoms with E-state index in [9.17, 15) is 4.79 Å². The van der Waals surface area contributed by atoms with Gasteiger partial charge in [0.2, 0.25) is 5.91 Å². The molecule has 1 unspecified atom stereocenters. The van der Waals surface area contributed by atoms with Crippen molar-refractivity contribution in [1.82, 2.24) is 20.1 Å². The van der Waals surface area contributed by atoms with Crippen LogP contribution in [0.1, 0.15) is 27.7 Å². The van der Waals surface area contributed by atoms with Crippen LogP contribution in [-0.2, 0) is 4.79 Å². The number of nitrogens with zero attached hydrogens (tertiary/aromatic N) is 3. The molecule has 164 valence electrons. The number of nitrogens with one attached hydrogen (secondary N) is 1. The number of carbonyl (C=O) groups is 1. The van der Waals surface area contributed by atoms with Gasteiger partial charge in [0, 0.05) is 17.3 Å². The molecule has 0 bridgehead atoms. The zero-order chi connectivity index (χ0) is 22.4. The first kappa shape index (κ1) is 23.2. The van der Waals surface area contributed by atoms with Gasteiger partial charge >= 0.3 is 0 Å². The Labute approximate surface area is 192 Å². The second-order valence-corrected chi connectivity index (χ2v) is 8.79. The third-order valence-electron chi connectivity index (χ3n) is 4.88. The number of thioether (sulfide) groups is 1. The Hall–Kier alpha value is -2.51. The van der Waals surface area contributed by atoms with E-state index < -0.39 is 0 Å². The van der Waals surface area contributed by atoms with Crippen LogP contribution in [-0.4, -0.2) is 39.1 Å². The van der Waals surface area contributed by atoms with E-state index in [0.717, 1.165) is 17.0 Å². The molecule has 0 aliphatic carbocycles. The zero-order valence-electron chi connectivity index (χ0n) is 18.1. The molecular weight excluding hydrogens is 432 g/mol. The molecule has 31 heavy (non-hydrogen) atoms. The summed E-state index contributed by atoms with van der Waals surface area (Å²) in [4.78, 5) is 12.4. The van der Waals surface area contributed by atoms with Crippen molar-refractivity contribution in [2.45, 2.75) is 38.9 Å². The molecule has 0 fully saturated rings. The van der Waals surface area contributed by atoms with Crippen molar-refractivity contribution in [1.29, 1.82) is 0 Å². The van der Waals surface area contributed by atoms with Gasteiger partial charge in [-0.1, -0.05) is 49.3 Å². The first-order valence-electron chi connectivity index (χ1n) is 10.3. The third-order valence-corrected chi connectivity index (χ3v) is 6.13. The summed E-state index contributed by atoms with van der Waals surface area (Å²) in [5.74, 6) is 1.98. The fourth-order valence-electron chi connectivity index (χ4n) is 2.86. The molecule has 8 heteroatoms. The number of carbonyl (C=O) groups excluding carboxylic acids is 1. The second kappa shape index (κ2) is 10.7. The van der Waals surface area contributed by atoms with E-state index in [1.807, 2.05) is 66.9 Å². The topological polar surface area (TPSA) is 69.0 Å². The Bertz CT molecular complexity index is 1020. The molecule has 1 heterocycles. The average Bonchev–Trinajstić information content (AvgIpc) is 3.17. The van der Waals surface area contributed by atoms with E-state index >= 15 is 0 Å². The standard InChI is InChI=1S/C23H27ClN4O2S/c1-5-30-18-12-10-17(11-13-18)28-22(19-8-6-7-9-20(19)24)26-27-23(28)31-14-21(29)25-16(4)15(2)3/h6-13,15-16H,5,14H2,1-4H3,(H,25,29). The summed E-state index contributed by atoms with van der Waals surface area (Å²) in [6, 6.07) is 15.3. The van der Waals surface area contributed by atoms with Gasteiger partial charge in [0.05, 0.1) is 17.4 Å². The van der Waals surface area contributed by atoms with Crippen LogP contribution < -0.4 is 10.1 Å². The van der Waals surface area contributed by atoms with Crippen molar-refractivity contribution in [2.24, 2.45) is 5.92 Å². The minimum Gasteiger partial charge on any atom is -0.494 e. The van der Waals surface area contributed by atoms with Gasteiger partial charge in [0.15, 0.2) is 11.0 Å². The normalized spacial score (nSPS) is 12.1. The lowest BCUT2D eigenvalue weighted by atomic mass is 10.1. The SMILES string of the molecule is CCOc1ccc(-n2c(SCC(=O)NC(C)C(C)C)nnc2-c2ccccc2Cl)cc1. The Morgan fingerprint density at radius 1 is 1.13 bits per heavy atom. The Kier molecular flexibility index (Phi) is 7.98. The molecule has 0 aliphatic heterocycles. The highest BCUT2D eigenvalue weighted by Gasteiger charge is 2.19. The smallest absolute Gasteiger partial charge is 0.230 e. The van der Waals surface area contributed by atoms with Crippen LogP contribution >= 0.6 is 23.4 Å². The van der Waals surface area contributed by atoms with Crippen molar-refractivity contribution >= 4 is 29.3 Å². The van der Waals surface area contributed by atoms with Gasteiger partial charge in [-0.25, -0.2) is 0 Å². The number of halogens is 1. The van der Waals surface area contributed by atoms with Crippen LogP contribution in [0, 0.1) is 5.92 Å². The van der Waals surface area contributed by atoms with E-state index in [1.54, 1.807) is 0 Å². The van der Waals surface area contributed by atoms with E-state index in [2.05, 4.69) is 29.4 Å². The number of aromatic nitrogens is 3. The number of benzene rings is 2. The molecule has 1 atom stereocenters. The summed E-state index contributed by atoms with van der Waals surface area (Å²) in [5, 5.41) is 13.0. The Morgan fingerprint density at radius 2 is 1.84 bits per heavy atom. The van der Waals surface area contributed by atoms with Crippen LogP contribution in [0.3, 0.4) is 0 Å². The summed E-state index contributed by atoms with van der Waals surface area (Å²) in [5.41, 5.74) is 1.64. The fraction of sp³-hybridized carbons (Fsp3) is 0.348. The molecule has 1 aromatic heterocycles. The summed E-state index contributed by atoms with van der Waals surface area (Å²) >= 11 is 7.78. The van der Waals surface area contributed by atoms with Crippen molar-refractivity contribution in [3.05, 3.63) is 53.6 Å². The van der Waals surface area contributed by atoms with E-state index in [-0.39, 0.29) is 17.7 Å². The first-order valence-corrected chi connectivity index (χ1v) is 11.6. The predicted molar refractivity (Wildman–Crippen MR) is 126 cm³/mol. The van der Waals surface area contributed by atoms with Crippen LogP contribution in [0.2, 0.25) is 5.02 Å². The Balaban J connectivity index is 1.92. The van der Waals surface area contributed by atoms with Gasteiger partial charge in [-0.3, -0.25) is 9.36 Å². The summed E-state index contributed by atoms with van der Waals surface area (Å²) in [6.07, 6.45) is 0. The third kappa shape index (κ3) is 5.80. The molecule has 0 aliphatic rings. The summed E-state index contributed by atoms with van der Waals surface area (Å²) in [7, 11) is 0. The van der Waals surface area contributed by atoms with E-state index in [1.165, 1.54) is 11.8 Å². The number of rotatable bonds is 9. The number of ether oxygens (including phenoxy) is 1. The van der Waals surface area contributed by atoms with Gasteiger partial charge in [-0.15, -0.1) is 10.2 Å². The van der Waals surface area contributed by atoms with Crippen molar-refractivity contribution in [3.63, 3.8) is 0 Å². The van der Waals surface area contributed by atoms with Gasteiger partial charge in [0.25, 0.3) is 0 Å². The maximum absolute atomic E-state index is 12.4. The highest BCUT2D eigenvalue weighted by molar-refractivity contribution is 7.99. The molecule has 0 saturated heterocycles. The largest absolute Gasteiger partial charge is 0.494 e. The Morgan fingerprint density at radius 3 is 2.48 bits per heavy atom. The molecule has 0 spiro atoms. The monoisotopic (exact) mass is 458 g/mol. The lowest BCUT2D eigenvalue weighted by Gasteiger charge is -2.17. The molecule has 1 N–H and O–H groups in total.